The molecule has 0 aliphatic carbocycles. The number of carbonyl (C=O) groups is 2. The van der Waals surface area contributed by atoms with E-state index in [-0.39, 0.29) is 18.2 Å². The second-order valence-corrected chi connectivity index (χ2v) is 7.22. The molecule has 7 nitrogen and oxygen atoms in total. The molecule has 29 heavy (non-hydrogen) atoms. The number of benzene rings is 2. The highest BCUT2D eigenvalue weighted by Crippen LogP contribution is 2.24. The average molecular weight is 413 g/mol. The molecule has 1 heterocycles. The summed E-state index contributed by atoms with van der Waals surface area (Å²) in [4.78, 5) is 25.9. The van der Waals surface area contributed by atoms with Crippen LogP contribution in [0, 0.1) is 6.92 Å². The van der Waals surface area contributed by atoms with Gasteiger partial charge in [-0.1, -0.05) is 29.3 Å². The molecule has 0 unspecified atom stereocenters. The van der Waals surface area contributed by atoms with Crippen molar-refractivity contribution >= 4 is 29.1 Å². The first-order valence-electron chi connectivity index (χ1n) is 9.04. The minimum Gasteiger partial charge on any atom is -0.421 e. The standard InChI is InChI=1S/C21H21ClN4O3/c1-13-4-6-14(7-5-13)20-25-24-19(29-20)11-10-18(27)23-17-12-15(8-9-16(17)22)21(28)26(2)3/h4-9,12H,10-11H2,1-3H3,(H,23,27). The van der Waals surface area contributed by atoms with Gasteiger partial charge in [0.15, 0.2) is 0 Å². The first-order valence-corrected chi connectivity index (χ1v) is 9.42. The van der Waals surface area contributed by atoms with Crippen molar-refractivity contribution in [2.75, 3.05) is 19.4 Å². The van der Waals surface area contributed by atoms with Gasteiger partial charge in [-0.3, -0.25) is 9.59 Å². The summed E-state index contributed by atoms with van der Waals surface area (Å²) in [6.45, 7) is 2.00. The van der Waals surface area contributed by atoms with Gasteiger partial charge in [0.25, 0.3) is 5.91 Å². The fourth-order valence-corrected chi connectivity index (χ4v) is 2.78. The van der Waals surface area contributed by atoms with E-state index in [9.17, 15) is 9.59 Å². The molecule has 150 valence electrons. The van der Waals surface area contributed by atoms with E-state index < -0.39 is 0 Å². The molecule has 0 atom stereocenters. The molecule has 3 aromatic rings. The number of nitrogens with zero attached hydrogens (tertiary/aromatic N) is 3. The van der Waals surface area contributed by atoms with Crippen LogP contribution in [-0.4, -0.2) is 41.0 Å². The molecule has 8 heteroatoms. The SMILES string of the molecule is Cc1ccc(-c2nnc(CCC(=O)Nc3cc(C(=O)N(C)C)ccc3Cl)o2)cc1. The third-order valence-electron chi connectivity index (χ3n) is 4.22. The Labute approximate surface area is 173 Å². The molecule has 0 bridgehead atoms. The Morgan fingerprint density at radius 2 is 1.83 bits per heavy atom. The van der Waals surface area contributed by atoms with Crippen LogP contribution in [0.3, 0.4) is 0 Å². The lowest BCUT2D eigenvalue weighted by Gasteiger charge is -2.12. The number of hydrogen-bond acceptors (Lipinski definition) is 5. The number of aryl methyl sites for hydroxylation is 2. The Balaban J connectivity index is 1.61. The molecule has 0 aliphatic heterocycles. The number of hydrogen-bond donors (Lipinski definition) is 1. The number of nitrogens with one attached hydrogen (secondary N) is 1. The van der Waals surface area contributed by atoms with Crippen molar-refractivity contribution in [3.8, 4) is 11.5 Å². The van der Waals surface area contributed by atoms with Crippen molar-refractivity contribution in [3.05, 3.63) is 64.5 Å². The third kappa shape index (κ3) is 5.20. The van der Waals surface area contributed by atoms with E-state index in [1.807, 2.05) is 31.2 Å². The number of halogens is 1. The van der Waals surface area contributed by atoms with Crippen LogP contribution in [0.5, 0.6) is 0 Å². The van der Waals surface area contributed by atoms with Gasteiger partial charge in [-0.15, -0.1) is 10.2 Å². The highest BCUT2D eigenvalue weighted by molar-refractivity contribution is 6.33. The van der Waals surface area contributed by atoms with Gasteiger partial charge in [0.05, 0.1) is 10.7 Å². The molecular formula is C21H21ClN4O3. The molecule has 0 saturated heterocycles. The Hall–Kier alpha value is -3.19. The maximum atomic E-state index is 12.3. The van der Waals surface area contributed by atoms with Crippen LogP contribution in [0.15, 0.2) is 46.9 Å². The van der Waals surface area contributed by atoms with Gasteiger partial charge in [0.2, 0.25) is 17.7 Å². The second-order valence-electron chi connectivity index (χ2n) is 6.81. The van der Waals surface area contributed by atoms with Gasteiger partial charge in [0.1, 0.15) is 0 Å². The highest BCUT2D eigenvalue weighted by atomic mass is 35.5. The summed E-state index contributed by atoms with van der Waals surface area (Å²) in [5.74, 6) is 0.347. The summed E-state index contributed by atoms with van der Waals surface area (Å²) in [6.07, 6.45) is 0.427. The van der Waals surface area contributed by atoms with Crippen LogP contribution < -0.4 is 5.32 Å². The zero-order valence-electron chi connectivity index (χ0n) is 16.4. The predicted octanol–water partition coefficient (Wildman–Crippen LogP) is 3.97. The molecular weight excluding hydrogens is 392 g/mol. The quantitative estimate of drug-likeness (QED) is 0.661. The van der Waals surface area contributed by atoms with Crippen LogP contribution in [0.25, 0.3) is 11.5 Å². The molecule has 0 saturated carbocycles. The van der Waals surface area contributed by atoms with Gasteiger partial charge >= 0.3 is 0 Å². The Morgan fingerprint density at radius 3 is 2.52 bits per heavy atom. The van der Waals surface area contributed by atoms with E-state index in [0.717, 1.165) is 11.1 Å². The third-order valence-corrected chi connectivity index (χ3v) is 4.55. The maximum Gasteiger partial charge on any atom is 0.253 e. The summed E-state index contributed by atoms with van der Waals surface area (Å²) in [5, 5.41) is 11.1. The predicted molar refractivity (Wildman–Crippen MR) is 111 cm³/mol. The summed E-state index contributed by atoms with van der Waals surface area (Å²) >= 11 is 6.14. The molecule has 1 aromatic heterocycles. The summed E-state index contributed by atoms with van der Waals surface area (Å²) in [7, 11) is 3.31. The molecule has 2 aromatic carbocycles. The molecule has 1 N–H and O–H groups in total. The number of aromatic nitrogens is 2. The van der Waals surface area contributed by atoms with E-state index in [1.165, 1.54) is 4.90 Å². The minimum atomic E-state index is -0.267. The van der Waals surface area contributed by atoms with Crippen LogP contribution in [0.4, 0.5) is 5.69 Å². The van der Waals surface area contributed by atoms with Gasteiger partial charge in [-0.25, -0.2) is 0 Å². The van der Waals surface area contributed by atoms with Crippen molar-refractivity contribution in [1.29, 1.82) is 0 Å². The molecule has 2 amide bonds. The number of amides is 2. The smallest absolute Gasteiger partial charge is 0.253 e. The first-order chi connectivity index (χ1) is 13.8. The van der Waals surface area contributed by atoms with Gasteiger partial charge < -0.3 is 14.6 Å². The summed E-state index contributed by atoms with van der Waals surface area (Å²) in [6, 6.07) is 12.5. The van der Waals surface area contributed by atoms with E-state index in [0.29, 0.717) is 34.5 Å². The van der Waals surface area contributed by atoms with E-state index in [2.05, 4.69) is 15.5 Å². The van der Waals surface area contributed by atoms with Crippen LogP contribution in [0.1, 0.15) is 28.2 Å². The van der Waals surface area contributed by atoms with E-state index in [1.54, 1.807) is 32.3 Å². The number of rotatable bonds is 6. The van der Waals surface area contributed by atoms with Gasteiger partial charge in [-0.2, -0.15) is 0 Å². The average Bonchev–Trinajstić information content (AvgIpc) is 3.17. The Bertz CT molecular complexity index is 1030. The molecule has 0 spiro atoms. The second kappa shape index (κ2) is 8.87. The fourth-order valence-electron chi connectivity index (χ4n) is 2.61. The van der Waals surface area contributed by atoms with Gasteiger partial charge in [-0.05, 0) is 37.3 Å². The van der Waals surface area contributed by atoms with Crippen molar-refractivity contribution in [2.24, 2.45) is 0 Å². The maximum absolute atomic E-state index is 12.3. The van der Waals surface area contributed by atoms with E-state index in [4.69, 9.17) is 16.0 Å². The summed E-state index contributed by atoms with van der Waals surface area (Å²) < 4.78 is 5.63. The van der Waals surface area contributed by atoms with Crippen LogP contribution in [0.2, 0.25) is 5.02 Å². The first kappa shape index (κ1) is 20.5. The minimum absolute atomic E-state index is 0.137. The summed E-state index contributed by atoms with van der Waals surface area (Å²) in [5.41, 5.74) is 2.79. The van der Waals surface area contributed by atoms with Crippen molar-refractivity contribution in [3.63, 3.8) is 0 Å². The van der Waals surface area contributed by atoms with Crippen molar-refractivity contribution in [1.82, 2.24) is 15.1 Å². The van der Waals surface area contributed by atoms with Crippen LogP contribution in [-0.2, 0) is 11.2 Å². The number of anilines is 1. The fraction of sp³-hybridized carbons (Fsp3) is 0.238. The Morgan fingerprint density at radius 1 is 1.10 bits per heavy atom. The Kier molecular flexibility index (Phi) is 6.29. The zero-order chi connectivity index (χ0) is 21.0. The normalized spacial score (nSPS) is 10.6. The molecule has 0 aliphatic rings. The topological polar surface area (TPSA) is 88.3 Å². The highest BCUT2D eigenvalue weighted by Gasteiger charge is 2.14. The lowest BCUT2D eigenvalue weighted by atomic mass is 10.1. The molecule has 0 radical (unpaired) electrons. The lowest BCUT2D eigenvalue weighted by molar-refractivity contribution is -0.116. The monoisotopic (exact) mass is 412 g/mol. The lowest BCUT2D eigenvalue weighted by Crippen LogP contribution is -2.22. The van der Waals surface area contributed by atoms with Crippen molar-refractivity contribution in [2.45, 2.75) is 19.8 Å². The van der Waals surface area contributed by atoms with E-state index >= 15 is 0 Å². The van der Waals surface area contributed by atoms with Crippen LogP contribution >= 0.6 is 11.6 Å². The molecule has 3 rings (SSSR count). The largest absolute Gasteiger partial charge is 0.421 e. The van der Waals surface area contributed by atoms with Gasteiger partial charge in [0, 0.05) is 38.1 Å². The number of carbonyl (C=O) groups excluding carboxylic acids is 2. The van der Waals surface area contributed by atoms with Crippen molar-refractivity contribution < 1.29 is 14.0 Å². The molecule has 0 fully saturated rings. The zero-order valence-corrected chi connectivity index (χ0v) is 17.2.